The highest BCUT2D eigenvalue weighted by molar-refractivity contribution is 7.90. The number of H-pyrrole nitrogens is 1. The first-order valence-corrected chi connectivity index (χ1v) is 11.2. The molecule has 10 nitrogen and oxygen atoms in total. The van der Waals surface area contributed by atoms with Gasteiger partial charge in [-0.25, -0.2) is 27.9 Å². The zero-order chi connectivity index (χ0) is 21.6. The molecule has 1 fully saturated rings. The number of urea groups is 1. The smallest absolute Gasteiger partial charge is 0.343 e. The maximum Gasteiger partial charge on any atom is 0.343 e. The van der Waals surface area contributed by atoms with Gasteiger partial charge in [0.1, 0.15) is 0 Å². The molecule has 11 heteroatoms. The van der Waals surface area contributed by atoms with E-state index < -0.39 is 16.1 Å². The Morgan fingerprint density at radius 3 is 2.73 bits per heavy atom. The highest BCUT2D eigenvalue weighted by Gasteiger charge is 2.27. The molecule has 2 aromatic rings. The fourth-order valence-electron chi connectivity index (χ4n) is 3.24. The molecule has 0 unspecified atom stereocenters. The van der Waals surface area contributed by atoms with E-state index in [2.05, 4.69) is 20.7 Å². The van der Waals surface area contributed by atoms with Crippen LogP contribution in [-0.4, -0.2) is 55.0 Å². The van der Waals surface area contributed by atoms with Gasteiger partial charge in [0.2, 0.25) is 5.91 Å². The number of piperidine rings is 1. The van der Waals surface area contributed by atoms with Gasteiger partial charge in [-0.3, -0.25) is 10.2 Å². The van der Waals surface area contributed by atoms with Crippen molar-refractivity contribution in [3.63, 3.8) is 0 Å². The highest BCUT2D eigenvalue weighted by atomic mass is 32.2. The molecule has 0 spiro atoms. The first-order chi connectivity index (χ1) is 14.3. The van der Waals surface area contributed by atoms with Crippen LogP contribution in [0.15, 0.2) is 41.7 Å². The normalized spacial score (nSPS) is 17.3. The number of amides is 3. The van der Waals surface area contributed by atoms with Crippen molar-refractivity contribution in [1.29, 1.82) is 0 Å². The number of nitrogens with one attached hydrogen (secondary N) is 4. The molecule has 0 bridgehead atoms. The minimum atomic E-state index is -3.97. The number of hydrogen-bond donors (Lipinski definition) is 4. The average molecular weight is 435 g/mol. The van der Waals surface area contributed by atoms with Crippen LogP contribution in [0.5, 0.6) is 0 Å². The fourth-order valence-corrected chi connectivity index (χ4v) is 4.15. The van der Waals surface area contributed by atoms with Crippen molar-refractivity contribution < 1.29 is 18.0 Å². The third kappa shape index (κ3) is 6.04. The zero-order valence-electron chi connectivity index (χ0n) is 16.7. The molecule has 1 saturated heterocycles. The maximum absolute atomic E-state index is 12.4. The number of nitrogens with zero attached hydrogens (tertiary/aromatic N) is 2. The van der Waals surface area contributed by atoms with Crippen molar-refractivity contribution in [3.05, 3.63) is 48.0 Å². The molecule has 2 heterocycles. The minimum absolute atomic E-state index is 0.0106. The Morgan fingerprint density at radius 1 is 1.27 bits per heavy atom. The lowest BCUT2D eigenvalue weighted by Crippen LogP contribution is -2.54. The van der Waals surface area contributed by atoms with E-state index >= 15 is 0 Å². The quantitative estimate of drug-likeness (QED) is 0.506. The van der Waals surface area contributed by atoms with Crippen LogP contribution in [0.1, 0.15) is 24.1 Å². The third-order valence-corrected chi connectivity index (χ3v) is 6.21. The molecule has 30 heavy (non-hydrogen) atoms. The lowest BCUT2D eigenvalue weighted by atomic mass is 9.98. The number of imidazole rings is 1. The Kier molecular flexibility index (Phi) is 7.06. The fraction of sp³-hybridized carbons (Fsp3) is 0.421. The number of sulfonamides is 1. The molecule has 3 rings (SSSR count). The molecule has 0 saturated carbocycles. The van der Waals surface area contributed by atoms with Gasteiger partial charge in [-0.2, -0.15) is 0 Å². The summed E-state index contributed by atoms with van der Waals surface area (Å²) >= 11 is 0. The Morgan fingerprint density at radius 2 is 2.03 bits per heavy atom. The number of hydrazine groups is 1. The van der Waals surface area contributed by atoms with E-state index in [4.69, 9.17) is 0 Å². The summed E-state index contributed by atoms with van der Waals surface area (Å²) in [5.74, 6) is -0.372. The summed E-state index contributed by atoms with van der Waals surface area (Å²) in [6.45, 7) is 3.18. The second-order valence-electron chi connectivity index (χ2n) is 7.26. The van der Waals surface area contributed by atoms with Crippen molar-refractivity contribution in [3.8, 4) is 0 Å². The van der Waals surface area contributed by atoms with Gasteiger partial charge in [0.05, 0.1) is 17.1 Å². The monoisotopic (exact) mass is 434 g/mol. The van der Waals surface area contributed by atoms with Gasteiger partial charge in [-0.1, -0.05) is 17.7 Å². The molecule has 0 aliphatic carbocycles. The number of aryl methyl sites for hydroxylation is 1. The van der Waals surface area contributed by atoms with E-state index in [1.807, 2.05) is 11.6 Å². The molecular weight excluding hydrogens is 408 g/mol. The molecule has 4 N–H and O–H groups in total. The third-order valence-electron chi connectivity index (χ3n) is 4.86. The Labute approximate surface area is 175 Å². The van der Waals surface area contributed by atoms with Crippen molar-refractivity contribution in [2.24, 2.45) is 5.92 Å². The summed E-state index contributed by atoms with van der Waals surface area (Å²) in [4.78, 5) is 31.5. The van der Waals surface area contributed by atoms with Crippen molar-refractivity contribution in [2.75, 3.05) is 19.6 Å². The van der Waals surface area contributed by atoms with Gasteiger partial charge in [0.15, 0.2) is 0 Å². The minimum Gasteiger partial charge on any atom is -0.355 e. The van der Waals surface area contributed by atoms with Gasteiger partial charge in [-0.05, 0) is 31.9 Å². The average Bonchev–Trinajstić information content (AvgIpc) is 3.21. The Bertz CT molecular complexity index is 959. The van der Waals surface area contributed by atoms with E-state index in [1.54, 1.807) is 29.7 Å². The lowest BCUT2D eigenvalue weighted by Gasteiger charge is -2.31. The standard InChI is InChI=1S/C19H26N6O4S/c1-14-4-6-17(7-5-14)30(28,29)24-19(27)23-25-10-2-3-15(12-25)18(26)21-9-8-16-11-20-13-22-16/h4-7,11,13,15H,2-3,8-10,12H2,1H3,(H,20,22)(H,21,26)(H2,23,24,27)/t15-/m0/s1. The van der Waals surface area contributed by atoms with Crippen LogP contribution < -0.4 is 15.5 Å². The number of rotatable bonds is 7. The molecule has 1 aliphatic heterocycles. The molecule has 1 aliphatic rings. The molecule has 1 atom stereocenters. The topological polar surface area (TPSA) is 136 Å². The van der Waals surface area contributed by atoms with E-state index in [0.717, 1.165) is 11.3 Å². The molecule has 162 valence electrons. The van der Waals surface area contributed by atoms with Crippen LogP contribution >= 0.6 is 0 Å². The van der Waals surface area contributed by atoms with E-state index in [1.165, 1.54) is 12.1 Å². The molecular formula is C19H26N6O4S. The number of carbonyl (C=O) groups excluding carboxylic acids is 2. The summed E-state index contributed by atoms with van der Waals surface area (Å²) < 4.78 is 26.6. The number of benzene rings is 1. The Hall–Kier alpha value is -2.92. The summed E-state index contributed by atoms with van der Waals surface area (Å²) in [6.07, 6.45) is 5.37. The predicted octanol–water partition coefficient (Wildman–Crippen LogP) is 0.692. The van der Waals surface area contributed by atoms with Crippen LogP contribution in [0.25, 0.3) is 0 Å². The summed E-state index contributed by atoms with van der Waals surface area (Å²) in [5, 5.41) is 4.46. The van der Waals surface area contributed by atoms with Crippen LogP contribution in [0.3, 0.4) is 0 Å². The summed E-state index contributed by atoms with van der Waals surface area (Å²) in [7, 11) is -3.97. The van der Waals surface area contributed by atoms with Gasteiger partial charge in [0.25, 0.3) is 10.0 Å². The molecule has 1 aromatic heterocycles. The number of aromatic amines is 1. The largest absolute Gasteiger partial charge is 0.355 e. The van der Waals surface area contributed by atoms with Crippen molar-refractivity contribution >= 4 is 22.0 Å². The zero-order valence-corrected chi connectivity index (χ0v) is 17.5. The van der Waals surface area contributed by atoms with Gasteiger partial charge in [-0.15, -0.1) is 0 Å². The molecule has 1 aromatic carbocycles. The van der Waals surface area contributed by atoms with Crippen LogP contribution in [0, 0.1) is 12.8 Å². The highest BCUT2D eigenvalue weighted by Crippen LogP contribution is 2.15. The van der Waals surface area contributed by atoms with E-state index in [9.17, 15) is 18.0 Å². The van der Waals surface area contributed by atoms with Gasteiger partial charge < -0.3 is 10.3 Å². The second kappa shape index (κ2) is 9.72. The van der Waals surface area contributed by atoms with Gasteiger partial charge in [0, 0.05) is 37.9 Å². The van der Waals surface area contributed by atoms with Crippen molar-refractivity contribution in [1.82, 2.24) is 30.4 Å². The van der Waals surface area contributed by atoms with E-state index in [0.29, 0.717) is 38.9 Å². The number of aromatic nitrogens is 2. The second-order valence-corrected chi connectivity index (χ2v) is 8.94. The lowest BCUT2D eigenvalue weighted by molar-refractivity contribution is -0.127. The summed E-state index contributed by atoms with van der Waals surface area (Å²) in [5.41, 5.74) is 4.39. The van der Waals surface area contributed by atoms with Crippen LogP contribution in [0.2, 0.25) is 0 Å². The number of carbonyl (C=O) groups is 2. The molecule has 0 radical (unpaired) electrons. The predicted molar refractivity (Wildman–Crippen MR) is 110 cm³/mol. The van der Waals surface area contributed by atoms with Crippen molar-refractivity contribution in [2.45, 2.75) is 31.1 Å². The van der Waals surface area contributed by atoms with E-state index in [-0.39, 0.29) is 16.7 Å². The SMILES string of the molecule is Cc1ccc(S(=O)(=O)NC(=O)NN2CCC[C@H](C(=O)NCCc3cnc[nH]3)C2)cc1. The van der Waals surface area contributed by atoms with Crippen LogP contribution in [0.4, 0.5) is 4.79 Å². The Balaban J connectivity index is 1.47. The number of hydrogen-bond acceptors (Lipinski definition) is 6. The summed E-state index contributed by atoms with van der Waals surface area (Å²) in [6, 6.07) is 5.35. The first-order valence-electron chi connectivity index (χ1n) is 9.73. The first kappa shape index (κ1) is 21.8. The van der Waals surface area contributed by atoms with Crippen LogP contribution in [-0.2, 0) is 21.2 Å². The van der Waals surface area contributed by atoms with Gasteiger partial charge >= 0.3 is 6.03 Å². The molecule has 3 amide bonds. The maximum atomic E-state index is 12.4.